The molecule has 0 amide bonds. The molecule has 0 spiro atoms. The smallest absolute Gasteiger partial charge is 0.134 e. The van der Waals surface area contributed by atoms with Crippen molar-refractivity contribution in [1.29, 1.82) is 0 Å². The van der Waals surface area contributed by atoms with Gasteiger partial charge in [-0.05, 0) is 42.3 Å². The lowest BCUT2D eigenvalue weighted by molar-refractivity contribution is 0.969. The number of nitrogens with two attached hydrogens (primary N) is 1. The summed E-state index contributed by atoms with van der Waals surface area (Å²) in [6.07, 6.45) is 2.79. The number of rotatable bonds is 3. The molecule has 0 radical (unpaired) electrons. The van der Waals surface area contributed by atoms with Gasteiger partial charge in [-0.25, -0.2) is 4.52 Å². The molecule has 0 atom stereocenters. The van der Waals surface area contributed by atoms with Crippen LogP contribution < -0.4 is 11.1 Å². The molecular formula is C15H15ClN4. The second-order valence-electron chi connectivity index (χ2n) is 4.63. The Morgan fingerprint density at radius 1 is 1.30 bits per heavy atom. The van der Waals surface area contributed by atoms with Gasteiger partial charge in [-0.2, -0.15) is 5.10 Å². The van der Waals surface area contributed by atoms with E-state index < -0.39 is 0 Å². The number of fused-ring (bicyclic) bond motifs is 1. The number of aryl methyl sites for hydroxylation is 1. The van der Waals surface area contributed by atoms with Crippen molar-refractivity contribution in [2.45, 2.75) is 13.3 Å². The van der Waals surface area contributed by atoms with E-state index in [1.54, 1.807) is 0 Å². The van der Waals surface area contributed by atoms with Gasteiger partial charge < -0.3 is 11.1 Å². The first-order chi connectivity index (χ1) is 9.67. The standard InChI is InChI=1S/C15H15ClN4/c1-2-10-9-18-20-14(10)6-11(16)7-15(20)19-13-5-3-4-12(17)8-13/h3-9,19H,2,17H2,1H3. The third kappa shape index (κ3) is 2.30. The summed E-state index contributed by atoms with van der Waals surface area (Å²) in [5, 5.41) is 8.40. The van der Waals surface area contributed by atoms with E-state index in [0.717, 1.165) is 23.4 Å². The number of benzene rings is 1. The molecule has 0 aliphatic rings. The first-order valence-corrected chi connectivity index (χ1v) is 6.84. The average molecular weight is 287 g/mol. The number of hydrogen-bond acceptors (Lipinski definition) is 3. The molecule has 0 saturated carbocycles. The fraction of sp³-hybridized carbons (Fsp3) is 0.133. The number of halogens is 1. The van der Waals surface area contributed by atoms with Crippen LogP contribution in [0.2, 0.25) is 5.02 Å². The molecule has 0 fully saturated rings. The van der Waals surface area contributed by atoms with Crippen molar-refractivity contribution >= 4 is 34.3 Å². The summed E-state index contributed by atoms with van der Waals surface area (Å²) in [6.45, 7) is 2.10. The molecule has 5 heteroatoms. The lowest BCUT2D eigenvalue weighted by atomic mass is 10.2. The van der Waals surface area contributed by atoms with E-state index in [1.807, 2.05) is 47.1 Å². The number of anilines is 3. The van der Waals surface area contributed by atoms with Gasteiger partial charge in [0.2, 0.25) is 0 Å². The van der Waals surface area contributed by atoms with Gasteiger partial charge in [-0.3, -0.25) is 0 Å². The van der Waals surface area contributed by atoms with Crippen molar-refractivity contribution in [3.05, 3.63) is 53.2 Å². The third-order valence-corrected chi connectivity index (χ3v) is 3.42. The topological polar surface area (TPSA) is 55.3 Å². The number of hydrogen-bond donors (Lipinski definition) is 2. The first kappa shape index (κ1) is 12.8. The van der Waals surface area contributed by atoms with Crippen LogP contribution in [-0.2, 0) is 6.42 Å². The summed E-state index contributed by atoms with van der Waals surface area (Å²) in [5.74, 6) is 0.817. The Morgan fingerprint density at radius 3 is 2.90 bits per heavy atom. The van der Waals surface area contributed by atoms with E-state index >= 15 is 0 Å². The van der Waals surface area contributed by atoms with Gasteiger partial charge in [0.05, 0.1) is 11.7 Å². The van der Waals surface area contributed by atoms with Crippen LogP contribution in [0.1, 0.15) is 12.5 Å². The molecule has 102 valence electrons. The predicted octanol–water partition coefficient (Wildman–Crippen LogP) is 3.88. The highest BCUT2D eigenvalue weighted by Crippen LogP contribution is 2.25. The molecule has 3 N–H and O–H groups in total. The van der Waals surface area contributed by atoms with Crippen molar-refractivity contribution in [2.24, 2.45) is 0 Å². The van der Waals surface area contributed by atoms with Crippen molar-refractivity contribution in [2.75, 3.05) is 11.1 Å². The summed E-state index contributed by atoms with van der Waals surface area (Å²) in [6, 6.07) is 11.4. The number of aromatic nitrogens is 2. The van der Waals surface area contributed by atoms with E-state index in [1.165, 1.54) is 5.56 Å². The van der Waals surface area contributed by atoms with Gasteiger partial charge in [0.25, 0.3) is 0 Å². The summed E-state index contributed by atoms with van der Waals surface area (Å²) in [5.41, 5.74) is 9.60. The van der Waals surface area contributed by atoms with Gasteiger partial charge in [-0.1, -0.05) is 24.6 Å². The van der Waals surface area contributed by atoms with Crippen LogP contribution in [0.3, 0.4) is 0 Å². The van der Waals surface area contributed by atoms with E-state index in [0.29, 0.717) is 10.7 Å². The van der Waals surface area contributed by atoms with Crippen molar-refractivity contribution in [3.63, 3.8) is 0 Å². The number of nitrogens with one attached hydrogen (secondary N) is 1. The van der Waals surface area contributed by atoms with E-state index in [9.17, 15) is 0 Å². The Labute approximate surface area is 122 Å². The lowest BCUT2D eigenvalue weighted by Crippen LogP contribution is -2.00. The Bertz CT molecular complexity index is 764. The first-order valence-electron chi connectivity index (χ1n) is 6.46. The molecule has 0 aliphatic carbocycles. The quantitative estimate of drug-likeness (QED) is 0.719. The highest BCUT2D eigenvalue weighted by Gasteiger charge is 2.08. The molecule has 0 saturated heterocycles. The van der Waals surface area contributed by atoms with Crippen molar-refractivity contribution in [1.82, 2.24) is 9.61 Å². The molecule has 0 bridgehead atoms. The SMILES string of the molecule is CCc1cnn2c(Nc3cccc(N)c3)cc(Cl)cc12. The van der Waals surface area contributed by atoms with Crippen LogP contribution in [0.15, 0.2) is 42.6 Å². The molecule has 4 nitrogen and oxygen atoms in total. The minimum atomic E-state index is 0.680. The normalized spacial score (nSPS) is 10.9. The fourth-order valence-electron chi connectivity index (χ4n) is 2.23. The minimum absolute atomic E-state index is 0.680. The van der Waals surface area contributed by atoms with E-state index in [4.69, 9.17) is 17.3 Å². The van der Waals surface area contributed by atoms with E-state index in [-0.39, 0.29) is 0 Å². The number of pyridine rings is 1. The Kier molecular flexibility index (Phi) is 3.24. The van der Waals surface area contributed by atoms with Gasteiger partial charge in [0, 0.05) is 16.4 Å². The Balaban J connectivity index is 2.09. The maximum Gasteiger partial charge on any atom is 0.134 e. The largest absolute Gasteiger partial charge is 0.399 e. The lowest BCUT2D eigenvalue weighted by Gasteiger charge is -2.10. The molecule has 0 unspecified atom stereocenters. The van der Waals surface area contributed by atoms with Crippen LogP contribution in [0.4, 0.5) is 17.2 Å². The Hall–Kier alpha value is -2.20. The van der Waals surface area contributed by atoms with Crippen molar-refractivity contribution < 1.29 is 0 Å². The highest BCUT2D eigenvalue weighted by molar-refractivity contribution is 6.31. The zero-order valence-electron chi connectivity index (χ0n) is 11.1. The number of nitrogen functional groups attached to an aromatic ring is 1. The highest BCUT2D eigenvalue weighted by atomic mass is 35.5. The fourth-order valence-corrected chi connectivity index (χ4v) is 2.43. The zero-order valence-corrected chi connectivity index (χ0v) is 11.9. The van der Waals surface area contributed by atoms with Gasteiger partial charge >= 0.3 is 0 Å². The molecule has 0 aliphatic heterocycles. The molecule has 3 rings (SSSR count). The molecule has 3 aromatic rings. The number of nitrogens with zero attached hydrogens (tertiary/aromatic N) is 2. The van der Waals surface area contributed by atoms with Gasteiger partial charge in [0.15, 0.2) is 0 Å². The average Bonchev–Trinajstić information content (AvgIpc) is 2.81. The van der Waals surface area contributed by atoms with Gasteiger partial charge in [0.1, 0.15) is 5.82 Å². The van der Waals surface area contributed by atoms with Crippen LogP contribution >= 0.6 is 11.6 Å². The molecule has 1 aromatic carbocycles. The summed E-state index contributed by atoms with van der Waals surface area (Å²) >= 11 is 6.20. The van der Waals surface area contributed by atoms with Crippen LogP contribution in [-0.4, -0.2) is 9.61 Å². The summed E-state index contributed by atoms with van der Waals surface area (Å²) in [7, 11) is 0. The van der Waals surface area contributed by atoms with Crippen molar-refractivity contribution in [3.8, 4) is 0 Å². The van der Waals surface area contributed by atoms with Crippen LogP contribution in [0.25, 0.3) is 5.52 Å². The van der Waals surface area contributed by atoms with Gasteiger partial charge in [-0.15, -0.1) is 0 Å². The molecule has 2 heterocycles. The minimum Gasteiger partial charge on any atom is -0.399 e. The molecule has 2 aromatic heterocycles. The van der Waals surface area contributed by atoms with Crippen LogP contribution in [0, 0.1) is 0 Å². The molecule has 20 heavy (non-hydrogen) atoms. The third-order valence-electron chi connectivity index (χ3n) is 3.20. The maximum absolute atomic E-state index is 6.20. The Morgan fingerprint density at radius 2 is 2.15 bits per heavy atom. The second-order valence-corrected chi connectivity index (χ2v) is 5.07. The monoisotopic (exact) mass is 286 g/mol. The second kappa shape index (κ2) is 5.06. The van der Waals surface area contributed by atoms with Crippen LogP contribution in [0.5, 0.6) is 0 Å². The van der Waals surface area contributed by atoms with E-state index in [2.05, 4.69) is 17.3 Å². The predicted molar refractivity (Wildman–Crippen MR) is 83.7 cm³/mol. The summed E-state index contributed by atoms with van der Waals surface area (Å²) < 4.78 is 1.86. The zero-order chi connectivity index (χ0) is 14.1. The maximum atomic E-state index is 6.20. The molecular weight excluding hydrogens is 272 g/mol. The summed E-state index contributed by atoms with van der Waals surface area (Å²) in [4.78, 5) is 0.